The molecular weight excluding hydrogens is 284 g/mol. The number of carbonyl (C=O) groups excluding carboxylic acids is 1. The summed E-state index contributed by atoms with van der Waals surface area (Å²) in [6, 6.07) is 0. The summed E-state index contributed by atoms with van der Waals surface area (Å²) in [5, 5.41) is 11.0. The van der Waals surface area contributed by atoms with Crippen molar-refractivity contribution in [2.24, 2.45) is 34.5 Å². The lowest BCUT2D eigenvalue weighted by atomic mass is 9.47. The standard InChI is InChI=1S/C21H30O2/c1-4-13-5-6-16-19-17(8-10-20(13,16)2)21(3)9-7-15(22)11-14(21)12-18(19)23/h7,9,11,13,16-19,23H,4-6,8,10,12H2,1-3H3/t13-,16-,17-,18+,19-,20+,21-/m0/s1. The molecule has 4 rings (SSSR count). The number of fused-ring (bicyclic) bond motifs is 5. The second kappa shape index (κ2) is 5.05. The Labute approximate surface area is 140 Å². The van der Waals surface area contributed by atoms with Gasteiger partial charge in [-0.2, -0.15) is 0 Å². The summed E-state index contributed by atoms with van der Waals surface area (Å²) in [6.45, 7) is 7.13. The Morgan fingerprint density at radius 2 is 2.00 bits per heavy atom. The van der Waals surface area contributed by atoms with Crippen molar-refractivity contribution >= 4 is 5.78 Å². The molecule has 2 nitrogen and oxygen atoms in total. The molecule has 1 N–H and O–H groups in total. The zero-order chi connectivity index (χ0) is 16.4. The fraction of sp³-hybridized carbons (Fsp3) is 0.762. The van der Waals surface area contributed by atoms with Crippen molar-refractivity contribution < 1.29 is 9.90 Å². The van der Waals surface area contributed by atoms with Crippen molar-refractivity contribution in [2.75, 3.05) is 0 Å². The smallest absolute Gasteiger partial charge is 0.178 e. The molecule has 23 heavy (non-hydrogen) atoms. The Hall–Kier alpha value is -0.890. The van der Waals surface area contributed by atoms with Gasteiger partial charge in [-0.05, 0) is 73.3 Å². The Bertz CT molecular complexity index is 589. The molecule has 0 aliphatic heterocycles. The molecule has 0 unspecified atom stereocenters. The van der Waals surface area contributed by atoms with Crippen molar-refractivity contribution in [1.29, 1.82) is 0 Å². The third-order valence-corrected chi connectivity index (χ3v) is 8.27. The monoisotopic (exact) mass is 314 g/mol. The lowest BCUT2D eigenvalue weighted by Gasteiger charge is -2.58. The second-order valence-electron chi connectivity index (χ2n) is 8.98. The number of aliphatic hydroxyl groups is 1. The number of hydrogen-bond donors (Lipinski definition) is 1. The van der Waals surface area contributed by atoms with Crippen LogP contribution in [0.1, 0.15) is 59.3 Å². The van der Waals surface area contributed by atoms with Gasteiger partial charge in [0, 0.05) is 5.41 Å². The summed E-state index contributed by atoms with van der Waals surface area (Å²) in [7, 11) is 0. The average molecular weight is 314 g/mol. The third kappa shape index (κ3) is 2.00. The fourth-order valence-corrected chi connectivity index (χ4v) is 6.95. The molecule has 4 aliphatic carbocycles. The molecule has 0 bridgehead atoms. The molecule has 0 heterocycles. The van der Waals surface area contributed by atoms with Crippen LogP contribution in [0.4, 0.5) is 0 Å². The molecule has 0 amide bonds. The second-order valence-corrected chi connectivity index (χ2v) is 8.98. The van der Waals surface area contributed by atoms with Crippen LogP contribution in [0.3, 0.4) is 0 Å². The van der Waals surface area contributed by atoms with E-state index >= 15 is 0 Å². The van der Waals surface area contributed by atoms with Crippen LogP contribution in [0.15, 0.2) is 23.8 Å². The minimum atomic E-state index is -0.265. The highest BCUT2D eigenvalue weighted by atomic mass is 16.3. The van der Waals surface area contributed by atoms with Crippen molar-refractivity contribution in [3.8, 4) is 0 Å². The number of allylic oxidation sites excluding steroid dienone is 3. The molecule has 4 aliphatic rings. The lowest BCUT2D eigenvalue weighted by molar-refractivity contribution is -0.112. The van der Waals surface area contributed by atoms with Gasteiger partial charge < -0.3 is 5.11 Å². The van der Waals surface area contributed by atoms with Gasteiger partial charge in [0.05, 0.1) is 6.10 Å². The summed E-state index contributed by atoms with van der Waals surface area (Å²) in [4.78, 5) is 11.8. The summed E-state index contributed by atoms with van der Waals surface area (Å²) in [5.74, 6) is 2.48. The summed E-state index contributed by atoms with van der Waals surface area (Å²) >= 11 is 0. The maximum Gasteiger partial charge on any atom is 0.178 e. The molecule has 0 saturated heterocycles. The Balaban J connectivity index is 1.73. The highest BCUT2D eigenvalue weighted by Gasteiger charge is 2.60. The predicted molar refractivity (Wildman–Crippen MR) is 91.8 cm³/mol. The summed E-state index contributed by atoms with van der Waals surface area (Å²) in [6.07, 6.45) is 12.5. The maximum atomic E-state index is 11.8. The highest BCUT2D eigenvalue weighted by molar-refractivity contribution is 6.01. The number of carbonyl (C=O) groups is 1. The van der Waals surface area contributed by atoms with E-state index in [0.717, 1.165) is 5.92 Å². The van der Waals surface area contributed by atoms with Gasteiger partial charge in [0.15, 0.2) is 5.78 Å². The van der Waals surface area contributed by atoms with E-state index in [1.807, 2.05) is 0 Å². The van der Waals surface area contributed by atoms with Crippen molar-refractivity contribution in [1.82, 2.24) is 0 Å². The number of aliphatic hydroxyl groups excluding tert-OH is 1. The first kappa shape index (κ1) is 15.6. The van der Waals surface area contributed by atoms with Crippen LogP contribution in [0.5, 0.6) is 0 Å². The van der Waals surface area contributed by atoms with Gasteiger partial charge in [0.2, 0.25) is 0 Å². The van der Waals surface area contributed by atoms with Crippen LogP contribution in [-0.2, 0) is 4.79 Å². The first-order valence-electron chi connectivity index (χ1n) is 9.52. The van der Waals surface area contributed by atoms with E-state index in [1.165, 1.54) is 37.7 Å². The van der Waals surface area contributed by atoms with E-state index in [4.69, 9.17) is 0 Å². The van der Waals surface area contributed by atoms with E-state index in [2.05, 4.69) is 26.8 Å². The SMILES string of the molecule is CC[C@H]1CC[C@H]2[C@@H]3[C@H](O)CC4=CC(=O)C=C[C@]4(C)[C@H]3CC[C@]12C. The Kier molecular flexibility index (Phi) is 3.43. The van der Waals surface area contributed by atoms with E-state index in [-0.39, 0.29) is 17.3 Å². The lowest BCUT2D eigenvalue weighted by Crippen LogP contribution is -2.54. The molecular formula is C21H30O2. The van der Waals surface area contributed by atoms with Gasteiger partial charge in [-0.15, -0.1) is 0 Å². The first-order chi connectivity index (χ1) is 10.9. The molecule has 0 spiro atoms. The van der Waals surface area contributed by atoms with Gasteiger partial charge in [-0.25, -0.2) is 0 Å². The predicted octanol–water partition coefficient (Wildman–Crippen LogP) is 4.29. The number of ketones is 1. The molecule has 3 fully saturated rings. The van der Waals surface area contributed by atoms with Crippen LogP contribution in [0.25, 0.3) is 0 Å². The van der Waals surface area contributed by atoms with E-state index in [0.29, 0.717) is 29.6 Å². The topological polar surface area (TPSA) is 37.3 Å². The number of hydrogen-bond acceptors (Lipinski definition) is 2. The zero-order valence-electron chi connectivity index (χ0n) is 14.7. The summed E-state index contributed by atoms with van der Waals surface area (Å²) < 4.78 is 0. The quantitative estimate of drug-likeness (QED) is 0.784. The molecule has 126 valence electrons. The van der Waals surface area contributed by atoms with E-state index in [1.54, 1.807) is 12.2 Å². The van der Waals surface area contributed by atoms with E-state index in [9.17, 15) is 9.90 Å². The minimum Gasteiger partial charge on any atom is -0.392 e. The van der Waals surface area contributed by atoms with Gasteiger partial charge in [0.25, 0.3) is 0 Å². The van der Waals surface area contributed by atoms with Crippen molar-refractivity contribution in [3.63, 3.8) is 0 Å². The largest absolute Gasteiger partial charge is 0.392 e. The maximum absolute atomic E-state index is 11.8. The number of rotatable bonds is 1. The normalized spacial score (nSPS) is 51.7. The Morgan fingerprint density at radius 1 is 1.22 bits per heavy atom. The molecule has 0 radical (unpaired) electrons. The van der Waals surface area contributed by atoms with Crippen LogP contribution in [-0.4, -0.2) is 17.0 Å². The van der Waals surface area contributed by atoms with Gasteiger partial charge in [0.1, 0.15) is 0 Å². The molecule has 0 aromatic rings. The minimum absolute atomic E-state index is 0.0105. The van der Waals surface area contributed by atoms with Crippen molar-refractivity contribution in [3.05, 3.63) is 23.8 Å². The summed E-state index contributed by atoms with van der Waals surface area (Å²) in [5.41, 5.74) is 1.58. The highest BCUT2D eigenvalue weighted by Crippen LogP contribution is 2.66. The van der Waals surface area contributed by atoms with Crippen LogP contribution >= 0.6 is 0 Å². The van der Waals surface area contributed by atoms with E-state index < -0.39 is 0 Å². The third-order valence-electron chi connectivity index (χ3n) is 8.27. The molecule has 3 saturated carbocycles. The molecule has 0 aromatic carbocycles. The van der Waals surface area contributed by atoms with Crippen LogP contribution < -0.4 is 0 Å². The molecule has 7 atom stereocenters. The molecule has 0 aromatic heterocycles. The van der Waals surface area contributed by atoms with Crippen molar-refractivity contribution in [2.45, 2.75) is 65.4 Å². The Morgan fingerprint density at radius 3 is 2.74 bits per heavy atom. The molecule has 2 heteroatoms. The average Bonchev–Trinajstić information content (AvgIpc) is 2.85. The van der Waals surface area contributed by atoms with Crippen LogP contribution in [0.2, 0.25) is 0 Å². The van der Waals surface area contributed by atoms with Gasteiger partial charge >= 0.3 is 0 Å². The van der Waals surface area contributed by atoms with Crippen LogP contribution in [0, 0.1) is 34.5 Å². The first-order valence-corrected chi connectivity index (χ1v) is 9.52. The zero-order valence-corrected chi connectivity index (χ0v) is 14.7. The van der Waals surface area contributed by atoms with Gasteiger partial charge in [-0.3, -0.25) is 4.79 Å². The fourth-order valence-electron chi connectivity index (χ4n) is 6.95. The van der Waals surface area contributed by atoms with Gasteiger partial charge in [-0.1, -0.05) is 38.8 Å².